The molecule has 234 valence electrons. The van der Waals surface area contributed by atoms with Gasteiger partial charge in [-0.3, -0.25) is 9.79 Å². The third kappa shape index (κ3) is 6.90. The Morgan fingerprint density at radius 3 is 2.38 bits per heavy atom. The van der Waals surface area contributed by atoms with Crippen LogP contribution in [0.5, 0.6) is 11.5 Å². The van der Waals surface area contributed by atoms with E-state index in [4.69, 9.17) is 14.5 Å². The molecule has 4 heterocycles. The topological polar surface area (TPSA) is 70.5 Å². The summed E-state index contributed by atoms with van der Waals surface area (Å²) in [6, 6.07) is 20.6. The second-order valence-electron chi connectivity index (χ2n) is 12.2. The van der Waals surface area contributed by atoms with Crippen LogP contribution in [0.4, 0.5) is 5.69 Å². The Kier molecular flexibility index (Phi) is 9.09. The van der Waals surface area contributed by atoms with E-state index in [1.54, 1.807) is 11.3 Å². The minimum Gasteiger partial charge on any atom is -0.494 e. The van der Waals surface area contributed by atoms with E-state index in [2.05, 4.69) is 57.3 Å². The number of carbonyl (C=O) groups excluding carboxylic acids is 1. The summed E-state index contributed by atoms with van der Waals surface area (Å²) in [5.41, 5.74) is 4.60. The Balaban J connectivity index is 0.789. The van der Waals surface area contributed by atoms with E-state index in [0.717, 1.165) is 117 Å². The van der Waals surface area contributed by atoms with Gasteiger partial charge in [-0.25, -0.2) is 4.98 Å². The summed E-state index contributed by atoms with van der Waals surface area (Å²) in [5, 5.41) is 1.04. The maximum Gasteiger partial charge on any atom is 0.256 e. The van der Waals surface area contributed by atoms with Gasteiger partial charge in [-0.05, 0) is 80.6 Å². The van der Waals surface area contributed by atoms with Crippen molar-refractivity contribution in [1.29, 1.82) is 0 Å². The molecular weight excluding hydrogens is 582 g/mol. The van der Waals surface area contributed by atoms with E-state index in [9.17, 15) is 4.79 Å². The standard InChI is InChI=1S/C36H41N5O3S/c1-26-23-30-32(37-25-28-7-4-16-41(28)36(30)42)24-33(26)44-22-6-15-40-19-17-39(18-20-40)14-5-21-43-29-12-10-27(11-13-29)35-38-31-8-2-3-9-34(31)45-35/h2-3,8-13,23-25,28H,4-7,14-22H2,1H3/t28-/m0/s1. The van der Waals surface area contributed by atoms with Crippen LogP contribution < -0.4 is 9.47 Å². The second-order valence-corrected chi connectivity index (χ2v) is 13.3. The normalized spacial score (nSPS) is 18.6. The molecule has 0 bridgehead atoms. The van der Waals surface area contributed by atoms with Crippen molar-refractivity contribution in [2.24, 2.45) is 4.99 Å². The van der Waals surface area contributed by atoms with Gasteiger partial charge in [0.05, 0.1) is 40.7 Å². The van der Waals surface area contributed by atoms with Crippen molar-refractivity contribution in [2.75, 3.05) is 59.0 Å². The summed E-state index contributed by atoms with van der Waals surface area (Å²) in [6.45, 7) is 10.6. The third-order valence-corrected chi connectivity index (χ3v) is 10.2. The van der Waals surface area contributed by atoms with Crippen molar-refractivity contribution in [3.05, 3.63) is 71.8 Å². The van der Waals surface area contributed by atoms with Crippen LogP contribution in [0.1, 0.15) is 41.6 Å². The first-order valence-corrected chi connectivity index (χ1v) is 17.1. The first kappa shape index (κ1) is 29.9. The van der Waals surface area contributed by atoms with Crippen LogP contribution in [0, 0.1) is 6.92 Å². The van der Waals surface area contributed by atoms with Crippen molar-refractivity contribution in [2.45, 2.75) is 38.6 Å². The Labute approximate surface area is 269 Å². The highest BCUT2D eigenvalue weighted by molar-refractivity contribution is 7.21. The fourth-order valence-corrected chi connectivity index (χ4v) is 7.48. The number of amides is 1. The number of piperazine rings is 1. The van der Waals surface area contributed by atoms with Crippen LogP contribution in [-0.2, 0) is 0 Å². The van der Waals surface area contributed by atoms with Crippen molar-refractivity contribution >= 4 is 39.4 Å². The predicted octanol–water partition coefficient (Wildman–Crippen LogP) is 6.45. The van der Waals surface area contributed by atoms with E-state index < -0.39 is 0 Å². The molecule has 3 aromatic carbocycles. The average molecular weight is 624 g/mol. The van der Waals surface area contributed by atoms with Crippen LogP contribution in [0.3, 0.4) is 0 Å². The van der Waals surface area contributed by atoms with E-state index in [0.29, 0.717) is 12.2 Å². The quantitative estimate of drug-likeness (QED) is 0.179. The second kappa shape index (κ2) is 13.7. The Morgan fingerprint density at radius 1 is 0.889 bits per heavy atom. The predicted molar refractivity (Wildman–Crippen MR) is 182 cm³/mol. The van der Waals surface area contributed by atoms with Gasteiger partial charge in [0, 0.05) is 63.7 Å². The molecule has 0 spiro atoms. The fourth-order valence-electron chi connectivity index (χ4n) is 6.51. The number of hydrogen-bond donors (Lipinski definition) is 0. The minimum atomic E-state index is 0.0954. The number of thiazole rings is 1. The number of aromatic nitrogens is 1. The molecule has 2 saturated heterocycles. The van der Waals surface area contributed by atoms with Gasteiger partial charge in [-0.2, -0.15) is 0 Å². The lowest BCUT2D eigenvalue weighted by molar-refractivity contribution is 0.0774. The van der Waals surface area contributed by atoms with Gasteiger partial charge in [0.1, 0.15) is 16.5 Å². The molecule has 7 rings (SSSR count). The Hall–Kier alpha value is -3.79. The molecule has 1 atom stereocenters. The summed E-state index contributed by atoms with van der Waals surface area (Å²) < 4.78 is 13.4. The number of fused-ring (bicyclic) bond motifs is 3. The van der Waals surface area contributed by atoms with Crippen molar-refractivity contribution in [3.63, 3.8) is 0 Å². The molecule has 9 heteroatoms. The fraction of sp³-hybridized carbons (Fsp3) is 0.417. The smallest absolute Gasteiger partial charge is 0.256 e. The minimum absolute atomic E-state index is 0.0954. The Morgan fingerprint density at radius 2 is 1.62 bits per heavy atom. The molecule has 1 amide bonds. The summed E-state index contributed by atoms with van der Waals surface area (Å²) in [6.07, 6.45) is 5.97. The number of nitrogens with zero attached hydrogens (tertiary/aromatic N) is 5. The number of aliphatic imine (C=N–C) groups is 1. The highest BCUT2D eigenvalue weighted by atomic mass is 32.1. The number of para-hydroxylation sites is 1. The maximum absolute atomic E-state index is 13.0. The molecule has 3 aliphatic rings. The number of aryl methyl sites for hydroxylation is 1. The third-order valence-electron chi connectivity index (χ3n) is 9.09. The zero-order valence-corrected chi connectivity index (χ0v) is 26.8. The Bertz CT molecular complexity index is 1630. The summed E-state index contributed by atoms with van der Waals surface area (Å²) in [5.74, 6) is 1.84. The highest BCUT2D eigenvalue weighted by Crippen LogP contribution is 2.34. The molecule has 8 nitrogen and oxygen atoms in total. The number of carbonyl (C=O) groups is 1. The molecule has 3 aliphatic heterocycles. The number of ether oxygens (including phenoxy) is 2. The lowest BCUT2D eigenvalue weighted by Crippen LogP contribution is -2.47. The van der Waals surface area contributed by atoms with E-state index in [-0.39, 0.29) is 11.9 Å². The lowest BCUT2D eigenvalue weighted by Gasteiger charge is -2.34. The molecule has 0 unspecified atom stereocenters. The molecule has 4 aromatic rings. The van der Waals surface area contributed by atoms with Gasteiger partial charge in [-0.15, -0.1) is 11.3 Å². The van der Waals surface area contributed by atoms with Crippen molar-refractivity contribution in [1.82, 2.24) is 19.7 Å². The first-order chi connectivity index (χ1) is 22.1. The van der Waals surface area contributed by atoms with E-state index in [1.807, 2.05) is 36.2 Å². The largest absolute Gasteiger partial charge is 0.494 e. The summed E-state index contributed by atoms with van der Waals surface area (Å²) >= 11 is 1.72. The molecule has 1 aromatic heterocycles. The van der Waals surface area contributed by atoms with E-state index in [1.165, 1.54) is 4.70 Å². The van der Waals surface area contributed by atoms with E-state index >= 15 is 0 Å². The first-order valence-electron chi connectivity index (χ1n) is 16.3. The van der Waals surface area contributed by atoms with Gasteiger partial charge in [0.2, 0.25) is 0 Å². The maximum atomic E-state index is 13.0. The average Bonchev–Trinajstić information content (AvgIpc) is 3.70. The highest BCUT2D eigenvalue weighted by Gasteiger charge is 2.32. The SMILES string of the molecule is Cc1cc2c(cc1OCCCN1CCN(CCCOc3ccc(-c4nc5ccccc5s4)cc3)CC1)N=C[C@@H]1CCCN1C2=O. The number of benzene rings is 3. The van der Waals surface area contributed by atoms with Gasteiger partial charge in [0.25, 0.3) is 5.91 Å². The number of rotatable bonds is 11. The van der Waals surface area contributed by atoms with Crippen molar-refractivity contribution < 1.29 is 14.3 Å². The molecule has 0 N–H and O–H groups in total. The molecule has 45 heavy (non-hydrogen) atoms. The van der Waals surface area contributed by atoms with Gasteiger partial charge in [0.15, 0.2) is 0 Å². The van der Waals surface area contributed by atoms with Crippen LogP contribution in [0.15, 0.2) is 65.7 Å². The summed E-state index contributed by atoms with van der Waals surface area (Å²) in [4.78, 5) is 29.5. The zero-order valence-electron chi connectivity index (χ0n) is 26.0. The van der Waals surface area contributed by atoms with Gasteiger partial charge in [-0.1, -0.05) is 12.1 Å². The molecular formula is C36H41N5O3S. The summed E-state index contributed by atoms with van der Waals surface area (Å²) in [7, 11) is 0. The molecule has 2 fully saturated rings. The molecule has 0 saturated carbocycles. The molecule has 0 radical (unpaired) electrons. The van der Waals surface area contributed by atoms with Crippen LogP contribution >= 0.6 is 11.3 Å². The van der Waals surface area contributed by atoms with Crippen LogP contribution in [0.25, 0.3) is 20.8 Å². The van der Waals surface area contributed by atoms with Crippen molar-refractivity contribution in [3.8, 4) is 22.1 Å². The van der Waals surface area contributed by atoms with Gasteiger partial charge >= 0.3 is 0 Å². The van der Waals surface area contributed by atoms with Crippen LogP contribution in [0.2, 0.25) is 0 Å². The molecule has 0 aliphatic carbocycles. The van der Waals surface area contributed by atoms with Crippen LogP contribution in [-0.4, -0.2) is 96.9 Å². The number of hydrogen-bond acceptors (Lipinski definition) is 8. The van der Waals surface area contributed by atoms with Gasteiger partial charge < -0.3 is 24.2 Å². The lowest BCUT2D eigenvalue weighted by atomic mass is 10.1. The monoisotopic (exact) mass is 623 g/mol. The zero-order chi connectivity index (χ0) is 30.6.